The molecule has 0 saturated heterocycles. The molecule has 0 aliphatic carbocycles. The number of hydrogen-bond donors (Lipinski definition) is 0. The van der Waals surface area contributed by atoms with Crippen molar-refractivity contribution < 1.29 is 28.6 Å². The summed E-state index contributed by atoms with van der Waals surface area (Å²) in [5.74, 6) is -0.975. The zero-order chi connectivity index (χ0) is 46.5. The molecule has 64 heavy (non-hydrogen) atoms. The molecule has 6 nitrogen and oxygen atoms in total. The molecule has 0 aromatic rings. The topological polar surface area (TPSA) is 78.9 Å². The van der Waals surface area contributed by atoms with E-state index >= 15 is 0 Å². The SMILES string of the molecule is CCCCC/C=C\C/C=C\C/C=C\C/C=C\CCCC(=O)OCC(COC(=O)CCCCC/C=C\CCCCCCCCC)OC(=O)CCCCCCCCC/C=C\CCCCCC. The van der Waals surface area contributed by atoms with Crippen LogP contribution in [0.1, 0.15) is 258 Å². The fourth-order valence-electron chi connectivity index (χ4n) is 7.31. The van der Waals surface area contributed by atoms with Gasteiger partial charge in [0.15, 0.2) is 6.10 Å². The molecule has 0 fully saturated rings. The second-order valence-electron chi connectivity index (χ2n) is 17.8. The van der Waals surface area contributed by atoms with Gasteiger partial charge in [-0.15, -0.1) is 0 Å². The number of carbonyl (C=O) groups excluding carboxylic acids is 3. The average Bonchev–Trinajstić information content (AvgIpc) is 3.29. The highest BCUT2D eigenvalue weighted by atomic mass is 16.6. The van der Waals surface area contributed by atoms with Crippen LogP contribution in [0.4, 0.5) is 0 Å². The first-order valence-corrected chi connectivity index (χ1v) is 26.9. The lowest BCUT2D eigenvalue weighted by Gasteiger charge is -2.18. The quantitative estimate of drug-likeness (QED) is 0.0262. The molecule has 0 heterocycles. The zero-order valence-electron chi connectivity index (χ0n) is 42.0. The fourth-order valence-corrected chi connectivity index (χ4v) is 7.31. The maximum absolute atomic E-state index is 12.8. The van der Waals surface area contributed by atoms with Gasteiger partial charge in [-0.2, -0.15) is 0 Å². The van der Waals surface area contributed by atoms with E-state index in [1.54, 1.807) is 0 Å². The van der Waals surface area contributed by atoms with Crippen molar-refractivity contribution in [1.29, 1.82) is 0 Å². The molecule has 0 aromatic carbocycles. The van der Waals surface area contributed by atoms with Crippen molar-refractivity contribution in [3.63, 3.8) is 0 Å². The molecule has 368 valence electrons. The minimum atomic E-state index is -0.805. The van der Waals surface area contributed by atoms with Crippen molar-refractivity contribution in [2.75, 3.05) is 13.2 Å². The number of rotatable bonds is 48. The van der Waals surface area contributed by atoms with Gasteiger partial charge in [-0.05, 0) is 109 Å². The van der Waals surface area contributed by atoms with E-state index in [1.807, 2.05) is 0 Å². The van der Waals surface area contributed by atoms with Gasteiger partial charge in [0.1, 0.15) is 13.2 Å². The summed E-state index contributed by atoms with van der Waals surface area (Å²) in [5, 5.41) is 0. The Morgan fingerprint density at radius 2 is 0.578 bits per heavy atom. The molecular weight excluding hydrogens is 793 g/mol. The Balaban J connectivity index is 4.49. The van der Waals surface area contributed by atoms with E-state index in [1.165, 1.54) is 135 Å². The Morgan fingerprint density at radius 3 is 1.02 bits per heavy atom. The van der Waals surface area contributed by atoms with Gasteiger partial charge in [-0.1, -0.05) is 203 Å². The summed E-state index contributed by atoms with van der Waals surface area (Å²) in [6.45, 7) is 6.53. The Kier molecular flexibility index (Phi) is 49.9. The summed E-state index contributed by atoms with van der Waals surface area (Å²) < 4.78 is 16.8. The van der Waals surface area contributed by atoms with E-state index < -0.39 is 6.10 Å². The van der Waals surface area contributed by atoms with Crippen LogP contribution in [0.5, 0.6) is 0 Å². The van der Waals surface area contributed by atoms with Crippen molar-refractivity contribution in [2.24, 2.45) is 0 Å². The van der Waals surface area contributed by atoms with Crippen LogP contribution in [0, 0.1) is 0 Å². The van der Waals surface area contributed by atoms with Gasteiger partial charge >= 0.3 is 17.9 Å². The number of carbonyl (C=O) groups is 3. The molecule has 1 unspecified atom stereocenters. The largest absolute Gasteiger partial charge is 0.462 e. The lowest BCUT2D eigenvalue weighted by Crippen LogP contribution is -2.30. The van der Waals surface area contributed by atoms with Gasteiger partial charge in [0, 0.05) is 19.3 Å². The van der Waals surface area contributed by atoms with Crippen LogP contribution >= 0.6 is 0 Å². The van der Waals surface area contributed by atoms with Crippen LogP contribution in [0.25, 0.3) is 0 Å². The highest BCUT2D eigenvalue weighted by Gasteiger charge is 2.19. The number of hydrogen-bond acceptors (Lipinski definition) is 6. The summed E-state index contributed by atoms with van der Waals surface area (Å²) in [6.07, 6.45) is 66.0. The number of ether oxygens (including phenoxy) is 3. The lowest BCUT2D eigenvalue weighted by atomic mass is 10.1. The highest BCUT2D eigenvalue weighted by Crippen LogP contribution is 2.14. The van der Waals surface area contributed by atoms with Crippen molar-refractivity contribution in [1.82, 2.24) is 0 Å². The summed E-state index contributed by atoms with van der Waals surface area (Å²) in [6, 6.07) is 0. The third kappa shape index (κ3) is 49.9. The highest BCUT2D eigenvalue weighted by molar-refractivity contribution is 5.71. The third-order valence-corrected chi connectivity index (χ3v) is 11.4. The van der Waals surface area contributed by atoms with Crippen LogP contribution in [0.3, 0.4) is 0 Å². The Bertz CT molecular complexity index is 1210. The van der Waals surface area contributed by atoms with Gasteiger partial charge in [0.25, 0.3) is 0 Å². The number of allylic oxidation sites excluding steroid dienone is 12. The van der Waals surface area contributed by atoms with Crippen LogP contribution in [0.15, 0.2) is 72.9 Å². The molecule has 0 rings (SSSR count). The van der Waals surface area contributed by atoms with Crippen molar-refractivity contribution in [2.45, 2.75) is 264 Å². The molecule has 0 aliphatic heterocycles. The smallest absolute Gasteiger partial charge is 0.306 e. The van der Waals surface area contributed by atoms with E-state index in [9.17, 15) is 14.4 Å². The predicted octanol–water partition coefficient (Wildman–Crippen LogP) is 17.8. The minimum absolute atomic E-state index is 0.102. The number of unbranched alkanes of at least 4 members (excludes halogenated alkanes) is 25. The molecule has 6 heteroatoms. The summed E-state index contributed by atoms with van der Waals surface area (Å²) in [4.78, 5) is 38.0. The van der Waals surface area contributed by atoms with Crippen LogP contribution in [-0.2, 0) is 28.6 Å². The van der Waals surface area contributed by atoms with E-state index in [0.29, 0.717) is 19.3 Å². The molecule has 0 aliphatic rings. The van der Waals surface area contributed by atoms with E-state index in [2.05, 4.69) is 93.7 Å². The fraction of sp³-hybridized carbons (Fsp3) is 0.741. The minimum Gasteiger partial charge on any atom is -0.462 e. The van der Waals surface area contributed by atoms with E-state index in [-0.39, 0.29) is 37.5 Å². The predicted molar refractivity (Wildman–Crippen MR) is 274 cm³/mol. The average molecular weight is 893 g/mol. The van der Waals surface area contributed by atoms with Crippen LogP contribution < -0.4 is 0 Å². The molecule has 0 N–H and O–H groups in total. The first kappa shape index (κ1) is 60.9. The Morgan fingerprint density at radius 1 is 0.312 bits per heavy atom. The summed E-state index contributed by atoms with van der Waals surface area (Å²) in [5.41, 5.74) is 0. The van der Waals surface area contributed by atoms with Gasteiger partial charge in [0.05, 0.1) is 0 Å². The normalized spacial score (nSPS) is 12.6. The molecule has 1 atom stereocenters. The van der Waals surface area contributed by atoms with Gasteiger partial charge < -0.3 is 14.2 Å². The standard InChI is InChI=1S/C58H100O6/c1-4-7-10-13-16-19-22-25-28-29-31-33-36-39-42-45-48-51-57(60)63-54-55(53-62-56(59)50-47-44-41-38-35-32-27-24-21-18-15-12-9-6-3)64-58(61)52-49-46-43-40-37-34-30-26-23-20-17-14-11-8-5-2/h16,19-20,23,25,28,31-33,35,39,42,55H,4-15,17-18,21-22,24,26-27,29-30,34,36-38,40-41,43-54H2,1-3H3/b19-16-,23-20-,28-25-,33-31-,35-32-,42-39-. The first-order valence-electron chi connectivity index (χ1n) is 26.9. The molecule has 0 radical (unpaired) electrons. The van der Waals surface area contributed by atoms with Crippen LogP contribution in [0.2, 0.25) is 0 Å². The Labute approximate surface area is 395 Å². The second kappa shape index (κ2) is 52.5. The van der Waals surface area contributed by atoms with Crippen molar-refractivity contribution in [3.05, 3.63) is 72.9 Å². The number of esters is 3. The molecule has 0 amide bonds. The summed E-state index contributed by atoms with van der Waals surface area (Å²) >= 11 is 0. The molecule has 0 bridgehead atoms. The van der Waals surface area contributed by atoms with E-state index in [0.717, 1.165) is 77.0 Å². The Hall–Kier alpha value is -3.15. The van der Waals surface area contributed by atoms with Crippen LogP contribution in [-0.4, -0.2) is 37.2 Å². The van der Waals surface area contributed by atoms with Gasteiger partial charge in [-0.3, -0.25) is 14.4 Å². The van der Waals surface area contributed by atoms with Crippen molar-refractivity contribution >= 4 is 17.9 Å². The molecular formula is C58H100O6. The monoisotopic (exact) mass is 893 g/mol. The maximum Gasteiger partial charge on any atom is 0.306 e. The summed E-state index contributed by atoms with van der Waals surface area (Å²) in [7, 11) is 0. The molecule has 0 aromatic heterocycles. The van der Waals surface area contributed by atoms with Gasteiger partial charge in [0.2, 0.25) is 0 Å². The maximum atomic E-state index is 12.8. The molecule has 0 spiro atoms. The molecule has 0 saturated carbocycles. The second-order valence-corrected chi connectivity index (χ2v) is 17.8. The first-order chi connectivity index (χ1) is 31.5. The van der Waals surface area contributed by atoms with Gasteiger partial charge in [-0.25, -0.2) is 0 Å². The third-order valence-electron chi connectivity index (χ3n) is 11.4. The van der Waals surface area contributed by atoms with Crippen molar-refractivity contribution in [3.8, 4) is 0 Å². The van der Waals surface area contributed by atoms with E-state index in [4.69, 9.17) is 14.2 Å². The zero-order valence-corrected chi connectivity index (χ0v) is 42.0. The lowest BCUT2D eigenvalue weighted by molar-refractivity contribution is -0.167.